The van der Waals surface area contributed by atoms with Crippen molar-refractivity contribution >= 4 is 11.7 Å². The van der Waals surface area contributed by atoms with Crippen LogP contribution in [0.2, 0.25) is 0 Å². The topological polar surface area (TPSA) is 121 Å². The van der Waals surface area contributed by atoms with Gasteiger partial charge in [-0.25, -0.2) is 15.8 Å². The monoisotopic (exact) mass is 638 g/mol. The number of benzene rings is 1. The van der Waals surface area contributed by atoms with E-state index in [0.29, 0.717) is 0 Å². The summed E-state index contributed by atoms with van der Waals surface area (Å²) < 4.78 is 125. The van der Waals surface area contributed by atoms with Crippen LogP contribution in [0.1, 0.15) is 59.8 Å². The van der Waals surface area contributed by atoms with Crippen LogP contribution in [0.15, 0.2) is 42.9 Å². The second-order valence-electron chi connectivity index (χ2n) is 10.1. The number of anilines is 1. The number of rotatable bonds is 8. The molecule has 2 aliphatic rings. The van der Waals surface area contributed by atoms with Crippen molar-refractivity contribution in [1.82, 2.24) is 40.4 Å². The van der Waals surface area contributed by atoms with E-state index < -0.39 is 70.0 Å². The summed E-state index contributed by atoms with van der Waals surface area (Å²) in [7, 11) is 0. The molecular formula is C24H23F9N10O. The molecule has 2 heterocycles. The summed E-state index contributed by atoms with van der Waals surface area (Å²) in [5, 5.41) is 8.12. The minimum Gasteiger partial charge on any atom is -0.348 e. The van der Waals surface area contributed by atoms with Crippen molar-refractivity contribution in [2.45, 2.75) is 68.9 Å². The van der Waals surface area contributed by atoms with Crippen LogP contribution in [0.3, 0.4) is 0 Å². The van der Waals surface area contributed by atoms with Crippen molar-refractivity contribution in [3.63, 3.8) is 0 Å². The third-order valence-electron chi connectivity index (χ3n) is 7.03. The van der Waals surface area contributed by atoms with Crippen LogP contribution in [0.5, 0.6) is 0 Å². The van der Waals surface area contributed by atoms with Crippen molar-refractivity contribution in [2.75, 3.05) is 5.12 Å². The zero-order valence-corrected chi connectivity index (χ0v) is 22.3. The van der Waals surface area contributed by atoms with Crippen LogP contribution < -0.4 is 16.3 Å². The van der Waals surface area contributed by atoms with Gasteiger partial charge in [0.25, 0.3) is 5.91 Å². The first-order valence-electron chi connectivity index (χ1n) is 13.1. The number of carbonyl (C=O) groups excluding carboxylic acids is 1. The van der Waals surface area contributed by atoms with Crippen LogP contribution in [0.25, 0.3) is 5.69 Å². The largest absolute Gasteiger partial charge is 0.486 e. The maximum absolute atomic E-state index is 14.1. The van der Waals surface area contributed by atoms with E-state index in [0.717, 1.165) is 4.80 Å². The third kappa shape index (κ3) is 6.41. The Labute approximate surface area is 242 Å². The number of hydrazine groups is 3. The molecule has 2 saturated carbocycles. The first-order chi connectivity index (χ1) is 20.6. The van der Waals surface area contributed by atoms with Gasteiger partial charge in [0.1, 0.15) is 0 Å². The van der Waals surface area contributed by atoms with Gasteiger partial charge in [-0.15, -0.1) is 5.12 Å². The molecule has 0 saturated heterocycles. The van der Waals surface area contributed by atoms with Crippen LogP contribution in [-0.4, -0.2) is 65.7 Å². The molecular weight excluding hydrogens is 615 g/mol. The van der Waals surface area contributed by atoms with Gasteiger partial charge in [-0.1, -0.05) is 12.1 Å². The van der Waals surface area contributed by atoms with Crippen molar-refractivity contribution in [1.29, 1.82) is 0 Å². The predicted molar refractivity (Wildman–Crippen MR) is 132 cm³/mol. The number of nitrogens with one attached hydrogen (secondary N) is 1. The van der Waals surface area contributed by atoms with Crippen LogP contribution in [0.4, 0.5) is 45.3 Å². The predicted octanol–water partition coefficient (Wildman–Crippen LogP) is 4.46. The Morgan fingerprint density at radius 1 is 0.932 bits per heavy atom. The first kappa shape index (κ1) is 31.4. The zero-order chi connectivity index (χ0) is 32.0. The fraction of sp³-hybridized carbons (Fsp3) is 0.458. The molecule has 2 fully saturated rings. The van der Waals surface area contributed by atoms with Crippen LogP contribution in [0, 0.1) is 0 Å². The molecule has 3 N–H and O–H groups in total. The molecule has 2 atom stereocenters. The summed E-state index contributed by atoms with van der Waals surface area (Å²) >= 11 is 0. The summed E-state index contributed by atoms with van der Waals surface area (Å²) in [6.45, 7) is 0. The van der Waals surface area contributed by atoms with E-state index in [4.69, 9.17) is 5.84 Å². The number of para-hydroxylation sites is 1. The van der Waals surface area contributed by atoms with Gasteiger partial charge in [-0.3, -0.25) is 4.79 Å². The van der Waals surface area contributed by atoms with Crippen molar-refractivity contribution < 1.29 is 44.3 Å². The molecule has 2 aliphatic carbocycles. The summed E-state index contributed by atoms with van der Waals surface area (Å²) in [6, 6.07) is 3.57. The van der Waals surface area contributed by atoms with E-state index in [1.165, 1.54) is 30.6 Å². The lowest BCUT2D eigenvalue weighted by Crippen LogP contribution is -2.70. The molecule has 0 aliphatic heterocycles. The van der Waals surface area contributed by atoms with Gasteiger partial charge in [0.2, 0.25) is 0 Å². The highest BCUT2D eigenvalue weighted by molar-refractivity contribution is 5.97. The van der Waals surface area contributed by atoms with Crippen molar-refractivity contribution in [2.24, 2.45) is 5.84 Å². The normalized spacial score (nSPS) is 19.5. The number of aromatic nitrogens is 5. The molecule has 3 aromatic rings. The molecule has 1 aromatic carbocycles. The number of nitrogens with two attached hydrogens (primary N) is 1. The van der Waals surface area contributed by atoms with E-state index in [2.05, 4.69) is 25.5 Å². The standard InChI is InChI=1S/C24H23F9N10O/c25-22(26,27)18-12-35-20(19(39-18)13-8-9-13)42(43(23(28,29)30)24(31,32)33)40(34)17-7-3-5-15(17)38-21(44)14-4-1-2-6-16(14)41-36-10-11-37-41/h1-2,4,6,10-13,15,17H,3,5,7-9,34H2,(H,38,44)/t15-,17-/m0/s1. The van der Waals surface area contributed by atoms with E-state index >= 15 is 0 Å². The molecule has 11 nitrogen and oxygen atoms in total. The average molecular weight is 638 g/mol. The van der Waals surface area contributed by atoms with Gasteiger partial charge in [0.05, 0.1) is 41.6 Å². The minimum atomic E-state index is -6.16. The summed E-state index contributed by atoms with van der Waals surface area (Å²) in [4.78, 5) is 21.2. The number of amides is 1. The number of hydrogen-bond donors (Lipinski definition) is 2. The Morgan fingerprint density at radius 2 is 1.57 bits per heavy atom. The number of halogens is 9. The lowest BCUT2D eigenvalue weighted by Gasteiger charge is -2.44. The first-order valence-corrected chi connectivity index (χ1v) is 13.1. The number of carbonyl (C=O) groups is 1. The maximum Gasteiger partial charge on any atom is 0.486 e. The third-order valence-corrected chi connectivity index (χ3v) is 7.03. The fourth-order valence-electron chi connectivity index (χ4n) is 4.98. The van der Waals surface area contributed by atoms with Crippen molar-refractivity contribution in [3.05, 3.63) is 59.8 Å². The molecule has 5 rings (SSSR count). The second kappa shape index (κ2) is 11.5. The molecule has 0 unspecified atom stereocenters. The quantitative estimate of drug-likeness (QED) is 0.160. The number of hydrogen-bond acceptors (Lipinski definition) is 9. The highest BCUT2D eigenvalue weighted by atomic mass is 19.4. The Bertz CT molecular complexity index is 1460. The molecule has 44 heavy (non-hydrogen) atoms. The zero-order valence-electron chi connectivity index (χ0n) is 22.3. The second-order valence-corrected chi connectivity index (χ2v) is 10.1. The molecule has 0 bridgehead atoms. The van der Waals surface area contributed by atoms with Crippen LogP contribution >= 0.6 is 0 Å². The minimum absolute atomic E-state index is 0.0428. The van der Waals surface area contributed by atoms with E-state index in [9.17, 15) is 44.3 Å². The molecule has 0 radical (unpaired) electrons. The van der Waals surface area contributed by atoms with Gasteiger partial charge in [0, 0.05) is 12.0 Å². The Kier molecular flexibility index (Phi) is 8.18. The van der Waals surface area contributed by atoms with Gasteiger partial charge in [0.15, 0.2) is 11.5 Å². The summed E-state index contributed by atoms with van der Waals surface area (Å²) in [5.41, 5.74) is -2.03. The fourth-order valence-corrected chi connectivity index (χ4v) is 4.98. The lowest BCUT2D eigenvalue weighted by molar-refractivity contribution is -0.388. The lowest BCUT2D eigenvalue weighted by atomic mass is 10.1. The van der Waals surface area contributed by atoms with E-state index in [1.54, 1.807) is 6.07 Å². The highest BCUT2D eigenvalue weighted by Crippen LogP contribution is 2.47. The van der Waals surface area contributed by atoms with Gasteiger partial charge >= 0.3 is 18.8 Å². The highest BCUT2D eigenvalue weighted by Gasteiger charge is 2.61. The average Bonchev–Trinajstić information content (AvgIpc) is 3.43. The van der Waals surface area contributed by atoms with Gasteiger partial charge in [-0.05, 0) is 49.2 Å². The SMILES string of the molecule is NN([C@H]1CCC[C@@H]1NC(=O)c1ccccc1-n1nccn1)N(c1ncc(C(F)(F)F)nc1C1CC1)N(C(F)(F)F)C(F)(F)F. The molecule has 238 valence electrons. The van der Waals surface area contributed by atoms with Gasteiger partial charge < -0.3 is 5.32 Å². The maximum atomic E-state index is 14.1. The Balaban J connectivity index is 1.53. The smallest absolute Gasteiger partial charge is 0.348 e. The van der Waals surface area contributed by atoms with Crippen LogP contribution in [-0.2, 0) is 6.18 Å². The summed E-state index contributed by atoms with van der Waals surface area (Å²) in [6.07, 6.45) is -14.1. The number of nitrogens with zero attached hydrogens (tertiary/aromatic N) is 8. The molecule has 1 amide bonds. The van der Waals surface area contributed by atoms with E-state index in [1.807, 2.05) is 0 Å². The van der Waals surface area contributed by atoms with E-state index in [-0.39, 0.29) is 54.7 Å². The number of alkyl halides is 9. The van der Waals surface area contributed by atoms with Gasteiger partial charge in [-0.2, -0.15) is 59.6 Å². The Hall–Kier alpha value is -4.04. The summed E-state index contributed by atoms with van der Waals surface area (Å²) in [5.74, 6) is 3.22. The van der Waals surface area contributed by atoms with Crippen molar-refractivity contribution in [3.8, 4) is 5.69 Å². The molecule has 0 spiro atoms. The Morgan fingerprint density at radius 3 is 2.16 bits per heavy atom. The molecule has 2 aromatic heterocycles. The molecule has 20 heteroatoms.